The maximum Gasteiger partial charge on any atom is 0.0900 e. The van der Waals surface area contributed by atoms with E-state index in [1.165, 1.54) is 44.5 Å². The van der Waals surface area contributed by atoms with E-state index < -0.39 is 0 Å². The third kappa shape index (κ3) is 6.81. The predicted octanol–water partition coefficient (Wildman–Crippen LogP) is 10.2. The maximum absolute atomic E-state index is 2.51. The fourth-order valence-electron chi connectivity index (χ4n) is 5.70. The molecule has 1 aliphatic rings. The minimum Gasteiger partial charge on any atom is -0.354 e. The molecule has 0 saturated heterocycles. The second-order valence-electron chi connectivity index (χ2n) is 13.2. The zero-order valence-electron chi connectivity index (χ0n) is 25.9. The number of benzene rings is 2. The highest BCUT2D eigenvalue weighted by molar-refractivity contribution is 5.45. The van der Waals surface area contributed by atoms with Crippen LogP contribution in [-0.2, 0) is 13.1 Å². The van der Waals surface area contributed by atoms with Gasteiger partial charge in [0, 0.05) is 25.5 Å². The topological polar surface area (TPSA) is 6.48 Å². The van der Waals surface area contributed by atoms with Crippen LogP contribution in [0.2, 0.25) is 0 Å². The van der Waals surface area contributed by atoms with Crippen molar-refractivity contribution in [1.82, 2.24) is 9.80 Å². The molecule has 1 aliphatic heterocycles. The van der Waals surface area contributed by atoms with E-state index in [0.717, 1.165) is 19.8 Å². The summed E-state index contributed by atoms with van der Waals surface area (Å²) in [5.74, 6) is 3.20. The number of hydrogen-bond acceptors (Lipinski definition) is 2. The largest absolute Gasteiger partial charge is 0.354 e. The quantitative estimate of drug-likeness (QED) is 0.319. The van der Waals surface area contributed by atoms with Crippen molar-refractivity contribution in [3.8, 4) is 0 Å². The van der Waals surface area contributed by atoms with E-state index in [2.05, 4.69) is 130 Å². The summed E-state index contributed by atoms with van der Waals surface area (Å²) in [7, 11) is 0. The summed E-state index contributed by atoms with van der Waals surface area (Å²) in [6.07, 6.45) is 4.63. The average molecular weight is 503 g/mol. The maximum atomic E-state index is 2.51. The molecular weight excluding hydrogens is 448 g/mol. The lowest BCUT2D eigenvalue weighted by molar-refractivity contribution is 0.252. The van der Waals surface area contributed by atoms with Crippen LogP contribution in [0.4, 0.5) is 0 Å². The van der Waals surface area contributed by atoms with E-state index in [1.54, 1.807) is 0 Å². The highest BCUT2D eigenvalue weighted by Crippen LogP contribution is 2.35. The average Bonchev–Trinajstić information content (AvgIpc) is 3.24. The Kier molecular flexibility index (Phi) is 9.59. The van der Waals surface area contributed by atoms with Crippen LogP contribution in [0.3, 0.4) is 0 Å². The lowest BCUT2D eigenvalue weighted by atomic mass is 9.84. The second-order valence-corrected chi connectivity index (χ2v) is 13.2. The fraction of sp³-hybridized carbons (Fsp3) is 0.600. The van der Waals surface area contributed by atoms with Gasteiger partial charge in [-0.25, -0.2) is 0 Å². The Hall–Kier alpha value is -2.22. The van der Waals surface area contributed by atoms with Gasteiger partial charge in [-0.2, -0.15) is 0 Å². The second kappa shape index (κ2) is 12.1. The molecule has 2 aromatic carbocycles. The Bertz CT molecular complexity index is 941. The smallest absolute Gasteiger partial charge is 0.0900 e. The van der Waals surface area contributed by atoms with Crippen molar-refractivity contribution in [3.63, 3.8) is 0 Å². The van der Waals surface area contributed by atoms with E-state index >= 15 is 0 Å². The van der Waals surface area contributed by atoms with Gasteiger partial charge in [-0.3, -0.25) is 0 Å². The molecule has 0 N–H and O–H groups in total. The van der Waals surface area contributed by atoms with Gasteiger partial charge in [-0.05, 0) is 80.0 Å². The van der Waals surface area contributed by atoms with Crippen molar-refractivity contribution in [1.29, 1.82) is 0 Å². The van der Waals surface area contributed by atoms with Crippen LogP contribution in [-0.4, -0.2) is 16.5 Å². The summed E-state index contributed by atoms with van der Waals surface area (Å²) in [5.41, 5.74) is 12.1. The normalized spacial score (nSPS) is 14.2. The van der Waals surface area contributed by atoms with E-state index in [0.29, 0.717) is 35.5 Å². The van der Waals surface area contributed by atoms with Gasteiger partial charge in [0.05, 0.1) is 6.67 Å². The van der Waals surface area contributed by atoms with Gasteiger partial charge >= 0.3 is 0 Å². The predicted molar refractivity (Wildman–Crippen MR) is 163 cm³/mol. The van der Waals surface area contributed by atoms with Gasteiger partial charge in [0.2, 0.25) is 0 Å². The molecule has 37 heavy (non-hydrogen) atoms. The molecule has 0 saturated carbocycles. The van der Waals surface area contributed by atoms with Gasteiger partial charge in [-0.1, -0.05) is 107 Å². The Morgan fingerprint density at radius 1 is 0.459 bits per heavy atom. The molecule has 2 aromatic rings. The Morgan fingerprint density at radius 2 is 0.730 bits per heavy atom. The summed E-state index contributed by atoms with van der Waals surface area (Å²) in [6.45, 7) is 30.9. The molecule has 0 aliphatic carbocycles. The molecular formula is C35H54N2. The zero-order valence-corrected chi connectivity index (χ0v) is 25.9. The van der Waals surface area contributed by atoms with E-state index in [4.69, 9.17) is 0 Å². The molecule has 0 radical (unpaired) electrons. The molecule has 0 aromatic heterocycles. The molecule has 2 heteroatoms. The molecule has 0 spiro atoms. The standard InChI is InChI=1S/C35H54N2/c1-22(2)28-15-30(24(5)6)34(31(16-28)25(7)8)19-36-13-14-37(21-36)20-35-32(26(9)10)17-29(23(3)4)18-33(35)27(11)12/h13-18,22-27H,19-21H2,1-12H3. The van der Waals surface area contributed by atoms with Crippen LogP contribution in [0.25, 0.3) is 0 Å². The Balaban J connectivity index is 1.89. The van der Waals surface area contributed by atoms with Crippen molar-refractivity contribution in [2.45, 2.75) is 132 Å². The molecule has 0 atom stereocenters. The lowest BCUT2D eigenvalue weighted by Gasteiger charge is -2.29. The molecule has 0 bridgehead atoms. The van der Waals surface area contributed by atoms with E-state index in [1.807, 2.05) is 0 Å². The highest BCUT2D eigenvalue weighted by atomic mass is 15.3. The first kappa shape index (κ1) is 29.3. The molecule has 3 rings (SSSR count). The van der Waals surface area contributed by atoms with Gasteiger partial charge in [-0.15, -0.1) is 0 Å². The van der Waals surface area contributed by atoms with Crippen LogP contribution in [0.15, 0.2) is 36.7 Å². The lowest BCUT2D eigenvalue weighted by Crippen LogP contribution is -2.27. The van der Waals surface area contributed by atoms with Crippen LogP contribution < -0.4 is 0 Å². The van der Waals surface area contributed by atoms with Crippen LogP contribution in [0, 0.1) is 0 Å². The Morgan fingerprint density at radius 3 is 0.946 bits per heavy atom. The van der Waals surface area contributed by atoms with Gasteiger partial charge < -0.3 is 9.80 Å². The number of rotatable bonds is 10. The summed E-state index contributed by atoms with van der Waals surface area (Å²) in [5, 5.41) is 0. The summed E-state index contributed by atoms with van der Waals surface area (Å²) in [6, 6.07) is 9.92. The number of nitrogens with zero attached hydrogens (tertiary/aromatic N) is 2. The minimum absolute atomic E-state index is 0.524. The highest BCUT2D eigenvalue weighted by Gasteiger charge is 2.23. The third-order valence-corrected chi connectivity index (χ3v) is 8.08. The third-order valence-electron chi connectivity index (χ3n) is 8.08. The first-order valence-electron chi connectivity index (χ1n) is 14.8. The van der Waals surface area contributed by atoms with Crippen LogP contribution >= 0.6 is 0 Å². The molecule has 0 amide bonds. The SMILES string of the molecule is CC(C)c1cc(C(C)C)c(CN2C=CN(Cc3c(C(C)C)cc(C(C)C)cc3C(C)C)C2)c(C(C)C)c1. The molecule has 204 valence electrons. The van der Waals surface area contributed by atoms with Crippen molar-refractivity contribution in [2.24, 2.45) is 0 Å². The van der Waals surface area contributed by atoms with Gasteiger partial charge in [0.25, 0.3) is 0 Å². The fourth-order valence-corrected chi connectivity index (χ4v) is 5.70. The van der Waals surface area contributed by atoms with Gasteiger partial charge in [0.15, 0.2) is 0 Å². The molecule has 0 fully saturated rings. The van der Waals surface area contributed by atoms with Crippen molar-refractivity contribution < 1.29 is 0 Å². The van der Waals surface area contributed by atoms with Gasteiger partial charge in [0.1, 0.15) is 0 Å². The summed E-state index contributed by atoms with van der Waals surface area (Å²) in [4.78, 5) is 5.02. The summed E-state index contributed by atoms with van der Waals surface area (Å²) >= 11 is 0. The van der Waals surface area contributed by atoms with Crippen molar-refractivity contribution in [3.05, 3.63) is 81.2 Å². The summed E-state index contributed by atoms with van der Waals surface area (Å²) < 4.78 is 0. The number of hydrogen-bond donors (Lipinski definition) is 0. The molecule has 2 nitrogen and oxygen atoms in total. The van der Waals surface area contributed by atoms with Crippen LogP contribution in [0.5, 0.6) is 0 Å². The molecule has 0 unspecified atom stereocenters. The first-order chi connectivity index (χ1) is 17.3. The van der Waals surface area contributed by atoms with E-state index in [-0.39, 0.29) is 0 Å². The van der Waals surface area contributed by atoms with E-state index in [9.17, 15) is 0 Å². The minimum atomic E-state index is 0.524. The van der Waals surface area contributed by atoms with Crippen molar-refractivity contribution in [2.75, 3.05) is 6.67 Å². The first-order valence-corrected chi connectivity index (χ1v) is 14.8. The Labute approximate surface area is 229 Å². The van der Waals surface area contributed by atoms with Crippen LogP contribution in [0.1, 0.15) is 163 Å². The monoisotopic (exact) mass is 502 g/mol. The molecule has 1 heterocycles. The zero-order chi connectivity index (χ0) is 27.6. The van der Waals surface area contributed by atoms with Crippen molar-refractivity contribution >= 4 is 0 Å².